The smallest absolute Gasteiger partial charge is 0.119 e. The van der Waals surface area contributed by atoms with Crippen LogP contribution in [0.25, 0.3) is 0 Å². The lowest BCUT2D eigenvalue weighted by Crippen LogP contribution is -2.20. The SMILES string of the molecule is CCCC1CCC(CCCOc2ccc(OCC3CCC(CCC)CC3)cc2)CC1. The molecular weight excluding hydrogens is 368 g/mol. The van der Waals surface area contributed by atoms with Crippen LogP contribution in [0, 0.1) is 23.7 Å². The van der Waals surface area contributed by atoms with E-state index >= 15 is 0 Å². The van der Waals surface area contributed by atoms with E-state index in [-0.39, 0.29) is 0 Å². The van der Waals surface area contributed by atoms with E-state index in [1.165, 1.54) is 89.9 Å². The molecule has 2 saturated carbocycles. The lowest BCUT2D eigenvalue weighted by atomic mass is 9.78. The molecule has 0 atom stereocenters. The van der Waals surface area contributed by atoms with Gasteiger partial charge in [0, 0.05) is 0 Å². The van der Waals surface area contributed by atoms with Crippen molar-refractivity contribution in [2.75, 3.05) is 13.2 Å². The van der Waals surface area contributed by atoms with Gasteiger partial charge in [0.05, 0.1) is 13.2 Å². The molecule has 2 aliphatic rings. The monoisotopic (exact) mass is 414 g/mol. The van der Waals surface area contributed by atoms with E-state index in [0.717, 1.165) is 48.4 Å². The summed E-state index contributed by atoms with van der Waals surface area (Å²) in [6, 6.07) is 8.30. The summed E-state index contributed by atoms with van der Waals surface area (Å²) in [5, 5.41) is 0. The molecule has 1 aromatic rings. The summed E-state index contributed by atoms with van der Waals surface area (Å²) < 4.78 is 12.1. The Morgan fingerprint density at radius 2 is 1.03 bits per heavy atom. The first-order valence-electron chi connectivity index (χ1n) is 13.1. The maximum absolute atomic E-state index is 6.07. The molecule has 2 aliphatic carbocycles. The predicted molar refractivity (Wildman–Crippen MR) is 127 cm³/mol. The fourth-order valence-corrected chi connectivity index (χ4v) is 5.72. The minimum Gasteiger partial charge on any atom is -0.494 e. The highest BCUT2D eigenvalue weighted by Gasteiger charge is 2.21. The van der Waals surface area contributed by atoms with Gasteiger partial charge in [-0.15, -0.1) is 0 Å². The molecule has 3 rings (SSSR count). The standard InChI is InChI=1S/C28H46O2/c1-3-6-23-9-11-25(12-10-23)8-5-21-29-27-17-19-28(20-18-27)30-22-26-15-13-24(7-4-2)14-16-26/h17-20,23-26H,3-16,21-22H2,1-2H3. The molecule has 0 aliphatic heterocycles. The summed E-state index contributed by atoms with van der Waals surface area (Å²) >= 11 is 0. The van der Waals surface area contributed by atoms with Crippen LogP contribution in [0.2, 0.25) is 0 Å². The summed E-state index contributed by atoms with van der Waals surface area (Å²) in [4.78, 5) is 0. The Labute approximate surface area is 186 Å². The molecule has 0 amide bonds. The second kappa shape index (κ2) is 13.3. The van der Waals surface area contributed by atoms with Crippen LogP contribution in [0.15, 0.2) is 24.3 Å². The largest absolute Gasteiger partial charge is 0.494 e. The Hall–Kier alpha value is -1.18. The van der Waals surface area contributed by atoms with Gasteiger partial charge in [0.25, 0.3) is 0 Å². The fraction of sp³-hybridized carbons (Fsp3) is 0.786. The molecule has 0 N–H and O–H groups in total. The van der Waals surface area contributed by atoms with Gasteiger partial charge >= 0.3 is 0 Å². The van der Waals surface area contributed by atoms with E-state index in [1.54, 1.807) is 0 Å². The van der Waals surface area contributed by atoms with Crippen molar-refractivity contribution in [3.63, 3.8) is 0 Å². The Balaban J connectivity index is 1.25. The van der Waals surface area contributed by atoms with Crippen LogP contribution in [0.4, 0.5) is 0 Å². The molecule has 170 valence electrons. The molecule has 0 aromatic heterocycles. The topological polar surface area (TPSA) is 18.5 Å². The third-order valence-corrected chi connectivity index (χ3v) is 7.66. The molecule has 0 spiro atoms. The number of hydrogen-bond acceptors (Lipinski definition) is 2. The molecule has 0 radical (unpaired) electrons. The fourth-order valence-electron chi connectivity index (χ4n) is 5.72. The predicted octanol–water partition coefficient (Wildman–Crippen LogP) is 8.44. The van der Waals surface area contributed by atoms with Gasteiger partial charge in [0.1, 0.15) is 11.5 Å². The first-order valence-corrected chi connectivity index (χ1v) is 13.1. The number of ether oxygens (including phenoxy) is 2. The highest BCUT2D eigenvalue weighted by Crippen LogP contribution is 2.34. The molecule has 0 unspecified atom stereocenters. The third-order valence-electron chi connectivity index (χ3n) is 7.66. The van der Waals surface area contributed by atoms with Crippen molar-refractivity contribution in [3.05, 3.63) is 24.3 Å². The van der Waals surface area contributed by atoms with Crippen LogP contribution in [-0.4, -0.2) is 13.2 Å². The van der Waals surface area contributed by atoms with Crippen LogP contribution in [0.1, 0.15) is 104 Å². The van der Waals surface area contributed by atoms with Gasteiger partial charge in [-0.25, -0.2) is 0 Å². The van der Waals surface area contributed by atoms with Crippen LogP contribution < -0.4 is 9.47 Å². The molecular formula is C28H46O2. The number of rotatable bonds is 12. The first-order chi connectivity index (χ1) is 14.8. The molecule has 0 bridgehead atoms. The normalized spacial score (nSPS) is 27.0. The summed E-state index contributed by atoms with van der Waals surface area (Å²) in [5.74, 6) is 5.63. The van der Waals surface area contributed by atoms with Crippen LogP contribution in [-0.2, 0) is 0 Å². The molecule has 2 heteroatoms. The molecule has 2 nitrogen and oxygen atoms in total. The Morgan fingerprint density at radius 3 is 1.53 bits per heavy atom. The summed E-state index contributed by atoms with van der Waals surface area (Å²) in [7, 11) is 0. The van der Waals surface area contributed by atoms with E-state index in [2.05, 4.69) is 38.1 Å². The first kappa shape index (κ1) is 23.5. The zero-order chi connectivity index (χ0) is 21.0. The minimum absolute atomic E-state index is 0.742. The highest BCUT2D eigenvalue weighted by molar-refractivity contribution is 5.31. The van der Waals surface area contributed by atoms with Crippen molar-refractivity contribution in [1.29, 1.82) is 0 Å². The third kappa shape index (κ3) is 8.16. The Bertz CT molecular complexity index is 551. The number of hydrogen-bond donors (Lipinski definition) is 0. The average molecular weight is 415 g/mol. The summed E-state index contributed by atoms with van der Waals surface area (Å²) in [6.45, 7) is 6.35. The van der Waals surface area contributed by atoms with E-state index in [1.807, 2.05) is 0 Å². The van der Waals surface area contributed by atoms with Gasteiger partial charge < -0.3 is 9.47 Å². The van der Waals surface area contributed by atoms with E-state index in [4.69, 9.17) is 9.47 Å². The molecule has 0 heterocycles. The molecule has 0 saturated heterocycles. The quantitative estimate of drug-likeness (QED) is 0.319. The number of benzene rings is 1. The zero-order valence-electron chi connectivity index (χ0n) is 19.7. The molecule has 30 heavy (non-hydrogen) atoms. The lowest BCUT2D eigenvalue weighted by molar-refractivity contribution is 0.178. The Kier molecular flexibility index (Phi) is 10.4. The maximum atomic E-state index is 6.07. The van der Waals surface area contributed by atoms with Gasteiger partial charge in [0.2, 0.25) is 0 Å². The van der Waals surface area contributed by atoms with Gasteiger partial charge in [-0.3, -0.25) is 0 Å². The van der Waals surface area contributed by atoms with E-state index < -0.39 is 0 Å². The van der Waals surface area contributed by atoms with Crippen LogP contribution in [0.5, 0.6) is 11.5 Å². The van der Waals surface area contributed by atoms with Crippen molar-refractivity contribution in [2.24, 2.45) is 23.7 Å². The Morgan fingerprint density at radius 1 is 0.600 bits per heavy atom. The summed E-state index contributed by atoms with van der Waals surface area (Å²) in [5.41, 5.74) is 0. The van der Waals surface area contributed by atoms with E-state index in [0.29, 0.717) is 0 Å². The van der Waals surface area contributed by atoms with Gasteiger partial charge in [-0.2, -0.15) is 0 Å². The van der Waals surface area contributed by atoms with Crippen molar-refractivity contribution >= 4 is 0 Å². The van der Waals surface area contributed by atoms with Gasteiger partial charge in [-0.05, 0) is 73.6 Å². The van der Waals surface area contributed by atoms with Crippen LogP contribution in [0.3, 0.4) is 0 Å². The van der Waals surface area contributed by atoms with Gasteiger partial charge in [0.15, 0.2) is 0 Å². The van der Waals surface area contributed by atoms with E-state index in [9.17, 15) is 0 Å². The maximum Gasteiger partial charge on any atom is 0.119 e. The molecule has 2 fully saturated rings. The lowest BCUT2D eigenvalue weighted by Gasteiger charge is -2.28. The van der Waals surface area contributed by atoms with Crippen molar-refractivity contribution in [3.8, 4) is 11.5 Å². The average Bonchev–Trinajstić information content (AvgIpc) is 2.78. The van der Waals surface area contributed by atoms with Gasteiger partial charge in [-0.1, -0.05) is 78.1 Å². The molecule has 1 aromatic carbocycles. The van der Waals surface area contributed by atoms with Crippen molar-refractivity contribution in [1.82, 2.24) is 0 Å². The summed E-state index contributed by atoms with van der Waals surface area (Å²) in [6.07, 6.45) is 19.3. The van der Waals surface area contributed by atoms with Crippen molar-refractivity contribution in [2.45, 2.75) is 104 Å². The van der Waals surface area contributed by atoms with Crippen molar-refractivity contribution < 1.29 is 9.47 Å². The second-order valence-corrected chi connectivity index (χ2v) is 10.1. The second-order valence-electron chi connectivity index (χ2n) is 10.1. The highest BCUT2D eigenvalue weighted by atomic mass is 16.5. The minimum atomic E-state index is 0.742. The zero-order valence-corrected chi connectivity index (χ0v) is 19.7. The van der Waals surface area contributed by atoms with Crippen LogP contribution >= 0.6 is 0 Å².